The summed E-state index contributed by atoms with van der Waals surface area (Å²) in [5, 5.41) is 0. The third-order valence-corrected chi connectivity index (χ3v) is 2.46. The lowest BCUT2D eigenvalue weighted by atomic mass is 10.1. The average molecular weight is 169 g/mol. The quantitative estimate of drug-likeness (QED) is 0.434. The van der Waals surface area contributed by atoms with E-state index in [9.17, 15) is 0 Å². The molecule has 0 heterocycles. The van der Waals surface area contributed by atoms with E-state index in [1.165, 1.54) is 25.0 Å². The van der Waals surface area contributed by atoms with E-state index in [-0.39, 0.29) is 0 Å². The number of unbranched alkanes of at least 4 members (excludes halogenated alkanes) is 1. The van der Waals surface area contributed by atoms with E-state index in [1.807, 2.05) is 11.8 Å². The summed E-state index contributed by atoms with van der Waals surface area (Å²) < 4.78 is 0. The Hall–Kier alpha value is -0.0900. The van der Waals surface area contributed by atoms with Crippen LogP contribution in [0.15, 0.2) is 0 Å². The van der Waals surface area contributed by atoms with Crippen molar-refractivity contribution in [2.24, 2.45) is 5.92 Å². The van der Waals surface area contributed by atoms with Gasteiger partial charge in [-0.3, -0.25) is 0 Å². The summed E-state index contributed by atoms with van der Waals surface area (Å²) in [5.74, 6) is 6.59. The van der Waals surface area contributed by atoms with Gasteiger partial charge in [0.05, 0.1) is 0 Å². The smallest absolute Gasteiger partial charge is 0.0171 e. The molecule has 0 spiro atoms. The van der Waals surface area contributed by atoms with Crippen LogP contribution in [-0.2, 0) is 0 Å². The highest BCUT2D eigenvalue weighted by Gasteiger charge is 1.95. The molecule has 11 heavy (non-hydrogen) atoms. The molecule has 1 unspecified atom stereocenters. The molecule has 0 aliphatic carbocycles. The van der Waals surface area contributed by atoms with Crippen LogP contribution in [0.5, 0.6) is 0 Å². The van der Waals surface area contributed by atoms with Crippen LogP contribution in [0.1, 0.15) is 33.1 Å². The summed E-state index contributed by atoms with van der Waals surface area (Å²) >= 11 is 1.89. The standard InChI is InChI=1S/C10H17S/c1-4-10(3)8-6-7-9-11-5-2/h1,5,10H,6-9H2,2-3H3. The molecule has 0 N–H and O–H groups in total. The lowest BCUT2D eigenvalue weighted by Crippen LogP contribution is -1.90. The zero-order valence-corrected chi connectivity index (χ0v) is 8.29. The summed E-state index contributed by atoms with van der Waals surface area (Å²) in [4.78, 5) is 0. The van der Waals surface area contributed by atoms with Crippen LogP contribution < -0.4 is 0 Å². The second-order valence-corrected chi connectivity index (χ2v) is 3.88. The number of hydrogen-bond acceptors (Lipinski definition) is 1. The molecule has 0 bridgehead atoms. The number of terminal acetylenes is 1. The molecule has 1 heteroatoms. The molecule has 1 atom stereocenters. The van der Waals surface area contributed by atoms with Crippen molar-refractivity contribution >= 4 is 11.8 Å². The second-order valence-electron chi connectivity index (χ2n) is 2.67. The van der Waals surface area contributed by atoms with Crippen LogP contribution >= 0.6 is 11.8 Å². The van der Waals surface area contributed by atoms with E-state index in [0.717, 1.165) is 0 Å². The van der Waals surface area contributed by atoms with E-state index in [1.54, 1.807) is 0 Å². The van der Waals surface area contributed by atoms with Crippen LogP contribution in [-0.4, -0.2) is 5.75 Å². The third kappa shape index (κ3) is 7.81. The van der Waals surface area contributed by atoms with Crippen molar-refractivity contribution in [2.75, 3.05) is 5.75 Å². The Morgan fingerprint density at radius 3 is 2.82 bits per heavy atom. The van der Waals surface area contributed by atoms with Crippen molar-refractivity contribution in [3.63, 3.8) is 0 Å². The van der Waals surface area contributed by atoms with Gasteiger partial charge in [-0.05, 0) is 18.6 Å². The van der Waals surface area contributed by atoms with Crippen molar-refractivity contribution in [3.05, 3.63) is 5.75 Å². The number of rotatable bonds is 6. The van der Waals surface area contributed by atoms with E-state index >= 15 is 0 Å². The van der Waals surface area contributed by atoms with Gasteiger partial charge < -0.3 is 0 Å². The lowest BCUT2D eigenvalue weighted by molar-refractivity contribution is 0.617. The van der Waals surface area contributed by atoms with Crippen molar-refractivity contribution in [1.82, 2.24) is 0 Å². The van der Waals surface area contributed by atoms with E-state index < -0.39 is 0 Å². The highest BCUT2D eigenvalue weighted by atomic mass is 32.2. The summed E-state index contributed by atoms with van der Waals surface area (Å²) in [6.07, 6.45) is 9.00. The normalized spacial score (nSPS) is 12.5. The zero-order chi connectivity index (χ0) is 8.53. The summed E-state index contributed by atoms with van der Waals surface area (Å²) in [7, 11) is 0. The van der Waals surface area contributed by atoms with Gasteiger partial charge in [-0.25, -0.2) is 0 Å². The molecule has 0 aromatic rings. The van der Waals surface area contributed by atoms with Gasteiger partial charge in [0.15, 0.2) is 0 Å². The highest BCUT2D eigenvalue weighted by Crippen LogP contribution is 2.11. The van der Waals surface area contributed by atoms with Crippen LogP contribution in [0, 0.1) is 24.0 Å². The Morgan fingerprint density at radius 2 is 2.27 bits per heavy atom. The summed E-state index contributed by atoms with van der Waals surface area (Å²) in [5.41, 5.74) is 0. The largest absolute Gasteiger partial charge is 0.158 e. The van der Waals surface area contributed by atoms with Gasteiger partial charge >= 0.3 is 0 Å². The predicted molar refractivity (Wildman–Crippen MR) is 54.3 cm³/mol. The molecule has 1 radical (unpaired) electrons. The van der Waals surface area contributed by atoms with Crippen molar-refractivity contribution in [2.45, 2.75) is 33.1 Å². The van der Waals surface area contributed by atoms with Gasteiger partial charge in [0.2, 0.25) is 0 Å². The third-order valence-electron chi connectivity index (χ3n) is 1.60. The van der Waals surface area contributed by atoms with Gasteiger partial charge in [-0.2, -0.15) is 11.8 Å². The Bertz CT molecular complexity index is 113. The van der Waals surface area contributed by atoms with Crippen molar-refractivity contribution < 1.29 is 0 Å². The predicted octanol–water partition coefficient (Wildman–Crippen LogP) is 3.34. The Balaban J connectivity index is 2.97. The SMILES string of the molecule is C#CC(C)CCCCS[CH]C. The first-order valence-electron chi connectivity index (χ1n) is 4.16. The van der Waals surface area contributed by atoms with Crippen molar-refractivity contribution in [3.8, 4) is 12.3 Å². The van der Waals surface area contributed by atoms with Crippen LogP contribution in [0.2, 0.25) is 0 Å². The Morgan fingerprint density at radius 1 is 1.55 bits per heavy atom. The zero-order valence-electron chi connectivity index (χ0n) is 7.47. The molecule has 0 nitrogen and oxygen atoms in total. The van der Waals surface area contributed by atoms with E-state index in [0.29, 0.717) is 5.92 Å². The second kappa shape index (κ2) is 8.01. The molecule has 0 rings (SSSR count). The fourth-order valence-electron chi connectivity index (χ4n) is 0.837. The fourth-order valence-corrected chi connectivity index (χ4v) is 1.44. The van der Waals surface area contributed by atoms with Crippen LogP contribution in [0.4, 0.5) is 0 Å². The monoisotopic (exact) mass is 169 g/mol. The minimum atomic E-state index is 0.464. The highest BCUT2D eigenvalue weighted by molar-refractivity contribution is 8.01. The van der Waals surface area contributed by atoms with Crippen molar-refractivity contribution in [1.29, 1.82) is 0 Å². The minimum Gasteiger partial charge on any atom is -0.158 e. The maximum atomic E-state index is 5.25. The Labute approximate surface area is 75.1 Å². The first-order valence-corrected chi connectivity index (χ1v) is 5.21. The molecular formula is C10H17S. The van der Waals surface area contributed by atoms with Gasteiger partial charge in [-0.1, -0.05) is 20.3 Å². The average Bonchev–Trinajstić information content (AvgIpc) is 2.04. The van der Waals surface area contributed by atoms with Gasteiger partial charge in [0, 0.05) is 11.7 Å². The lowest BCUT2D eigenvalue weighted by Gasteiger charge is -2.02. The summed E-state index contributed by atoms with van der Waals surface area (Å²) in [6, 6.07) is 0. The van der Waals surface area contributed by atoms with Gasteiger partial charge in [0.25, 0.3) is 0 Å². The first kappa shape index (κ1) is 10.9. The molecule has 0 aliphatic rings. The summed E-state index contributed by atoms with van der Waals surface area (Å²) in [6.45, 7) is 4.19. The van der Waals surface area contributed by atoms with Gasteiger partial charge in [-0.15, -0.1) is 12.3 Å². The molecule has 0 aromatic carbocycles. The van der Waals surface area contributed by atoms with E-state index in [4.69, 9.17) is 6.42 Å². The van der Waals surface area contributed by atoms with Crippen LogP contribution in [0.25, 0.3) is 0 Å². The number of hydrogen-bond donors (Lipinski definition) is 0. The molecule has 0 saturated heterocycles. The fraction of sp³-hybridized carbons (Fsp3) is 0.700. The van der Waals surface area contributed by atoms with Crippen LogP contribution in [0.3, 0.4) is 0 Å². The molecular weight excluding hydrogens is 152 g/mol. The molecule has 63 valence electrons. The molecule has 0 saturated carbocycles. The minimum absolute atomic E-state index is 0.464. The maximum Gasteiger partial charge on any atom is 0.0171 e. The van der Waals surface area contributed by atoms with Gasteiger partial charge in [0.1, 0.15) is 0 Å². The molecule has 0 aliphatic heterocycles. The topological polar surface area (TPSA) is 0 Å². The Kier molecular flexibility index (Phi) is 7.95. The molecule has 0 amide bonds. The molecule has 0 aromatic heterocycles. The number of thioether (sulfide) groups is 1. The van der Waals surface area contributed by atoms with E-state index in [2.05, 4.69) is 25.5 Å². The maximum absolute atomic E-state index is 5.25. The molecule has 0 fully saturated rings. The first-order chi connectivity index (χ1) is 5.31.